The molecule has 3 rings (SSSR count). The second-order valence-corrected chi connectivity index (χ2v) is 6.57. The van der Waals surface area contributed by atoms with E-state index >= 15 is 0 Å². The predicted octanol–water partition coefficient (Wildman–Crippen LogP) is 3.11. The summed E-state index contributed by atoms with van der Waals surface area (Å²) in [7, 11) is 0. The fraction of sp³-hybridized carbons (Fsp3) is 0.286. The van der Waals surface area contributed by atoms with E-state index in [0.29, 0.717) is 36.8 Å². The molecule has 0 radical (unpaired) electrons. The van der Waals surface area contributed by atoms with Gasteiger partial charge in [-0.15, -0.1) is 0 Å². The van der Waals surface area contributed by atoms with Crippen LogP contribution in [0, 0.1) is 13.8 Å². The van der Waals surface area contributed by atoms with Crippen molar-refractivity contribution in [3.63, 3.8) is 0 Å². The van der Waals surface area contributed by atoms with Crippen molar-refractivity contribution < 1.29 is 4.79 Å². The largest absolute Gasteiger partial charge is 0.352 e. The highest BCUT2D eigenvalue weighted by Crippen LogP contribution is 2.10. The highest BCUT2D eigenvalue weighted by molar-refractivity contribution is 5.77. The molecule has 2 aromatic carbocycles. The van der Waals surface area contributed by atoms with Crippen LogP contribution in [-0.2, 0) is 17.9 Å². The molecule has 1 heterocycles. The van der Waals surface area contributed by atoms with E-state index in [4.69, 9.17) is 0 Å². The van der Waals surface area contributed by atoms with Crippen LogP contribution in [0.4, 0.5) is 0 Å². The molecule has 0 atom stereocenters. The molecule has 0 unspecified atom stereocenters. The van der Waals surface area contributed by atoms with E-state index in [0.717, 1.165) is 5.56 Å². The molecule has 5 heteroatoms. The number of nitrogens with zero attached hydrogens (tertiary/aromatic N) is 2. The number of hydrogen-bond donors (Lipinski definition) is 1. The highest BCUT2D eigenvalue weighted by atomic mass is 16.1. The lowest BCUT2D eigenvalue weighted by Gasteiger charge is -2.09. The minimum absolute atomic E-state index is 0.00762. The third-order valence-electron chi connectivity index (χ3n) is 4.51. The number of fused-ring (bicyclic) bond motifs is 1. The Labute approximate surface area is 152 Å². The quantitative estimate of drug-likeness (QED) is 0.744. The summed E-state index contributed by atoms with van der Waals surface area (Å²) in [6.45, 7) is 5.11. The van der Waals surface area contributed by atoms with Gasteiger partial charge in [0.05, 0.1) is 17.2 Å². The Morgan fingerprint density at radius 3 is 2.77 bits per heavy atom. The maximum Gasteiger partial charge on any atom is 0.261 e. The lowest BCUT2D eigenvalue weighted by molar-refractivity contribution is -0.121. The number of amides is 1. The number of rotatable bonds is 6. The Morgan fingerprint density at radius 2 is 1.96 bits per heavy atom. The van der Waals surface area contributed by atoms with Gasteiger partial charge in [-0.3, -0.25) is 14.2 Å². The molecule has 1 amide bonds. The number of carbonyl (C=O) groups excluding carboxylic acids is 1. The van der Waals surface area contributed by atoms with Crippen LogP contribution < -0.4 is 10.9 Å². The van der Waals surface area contributed by atoms with Gasteiger partial charge in [0.25, 0.3) is 5.56 Å². The van der Waals surface area contributed by atoms with E-state index in [-0.39, 0.29) is 11.5 Å². The van der Waals surface area contributed by atoms with Crippen molar-refractivity contribution in [2.75, 3.05) is 0 Å². The first-order chi connectivity index (χ1) is 12.5. The molecule has 3 aromatic rings. The summed E-state index contributed by atoms with van der Waals surface area (Å²) in [4.78, 5) is 28.8. The molecule has 5 nitrogen and oxygen atoms in total. The zero-order valence-corrected chi connectivity index (χ0v) is 15.2. The van der Waals surface area contributed by atoms with E-state index in [1.807, 2.05) is 37.3 Å². The third kappa shape index (κ3) is 4.17. The number of carbonyl (C=O) groups is 1. The van der Waals surface area contributed by atoms with Gasteiger partial charge in [-0.25, -0.2) is 4.98 Å². The normalized spacial score (nSPS) is 10.8. The fourth-order valence-corrected chi connectivity index (χ4v) is 3.00. The smallest absolute Gasteiger partial charge is 0.261 e. The van der Waals surface area contributed by atoms with Crippen molar-refractivity contribution in [1.82, 2.24) is 14.9 Å². The average molecular weight is 349 g/mol. The maximum atomic E-state index is 12.4. The van der Waals surface area contributed by atoms with E-state index in [1.54, 1.807) is 17.0 Å². The van der Waals surface area contributed by atoms with Crippen molar-refractivity contribution >= 4 is 16.8 Å². The van der Waals surface area contributed by atoms with Gasteiger partial charge >= 0.3 is 0 Å². The molecule has 0 aliphatic carbocycles. The summed E-state index contributed by atoms with van der Waals surface area (Å²) in [5, 5.41) is 3.55. The van der Waals surface area contributed by atoms with Crippen LogP contribution >= 0.6 is 0 Å². The molecule has 0 saturated carbocycles. The molecular weight excluding hydrogens is 326 g/mol. The maximum absolute atomic E-state index is 12.4. The second-order valence-electron chi connectivity index (χ2n) is 6.57. The molecule has 0 saturated heterocycles. The van der Waals surface area contributed by atoms with Crippen LogP contribution in [0.1, 0.15) is 29.5 Å². The van der Waals surface area contributed by atoms with Crippen LogP contribution in [-0.4, -0.2) is 15.5 Å². The number of benzene rings is 2. The van der Waals surface area contributed by atoms with Crippen molar-refractivity contribution in [2.24, 2.45) is 0 Å². The van der Waals surface area contributed by atoms with Gasteiger partial charge in [-0.2, -0.15) is 0 Å². The van der Waals surface area contributed by atoms with Gasteiger partial charge in [-0.05, 0) is 43.5 Å². The van der Waals surface area contributed by atoms with Gasteiger partial charge in [0.2, 0.25) is 5.91 Å². The van der Waals surface area contributed by atoms with E-state index in [9.17, 15) is 9.59 Å². The van der Waals surface area contributed by atoms with E-state index in [1.165, 1.54) is 11.1 Å². The monoisotopic (exact) mass is 349 g/mol. The summed E-state index contributed by atoms with van der Waals surface area (Å²) >= 11 is 0. The Bertz CT molecular complexity index is 992. The minimum Gasteiger partial charge on any atom is -0.352 e. The molecule has 0 spiro atoms. The lowest BCUT2D eigenvalue weighted by atomic mass is 10.1. The predicted molar refractivity (Wildman–Crippen MR) is 103 cm³/mol. The fourth-order valence-electron chi connectivity index (χ4n) is 3.00. The topological polar surface area (TPSA) is 64.0 Å². The number of aromatic nitrogens is 2. The molecule has 1 N–H and O–H groups in total. The van der Waals surface area contributed by atoms with Gasteiger partial charge in [-0.1, -0.05) is 35.9 Å². The first-order valence-electron chi connectivity index (χ1n) is 8.81. The molecule has 1 aromatic heterocycles. The standard InChI is InChI=1S/C21H23N3O2/c1-15-9-10-17(16(2)12-15)13-22-20(25)8-5-11-24-14-23-19-7-4-3-6-18(19)21(24)26/h3-4,6-7,9-10,12,14H,5,8,11,13H2,1-2H3,(H,22,25). The van der Waals surface area contributed by atoms with E-state index in [2.05, 4.69) is 23.3 Å². The van der Waals surface area contributed by atoms with Crippen molar-refractivity contribution in [1.29, 1.82) is 0 Å². The molecule has 0 aliphatic heterocycles. The molecule has 0 fully saturated rings. The minimum atomic E-state index is -0.0636. The molecule has 26 heavy (non-hydrogen) atoms. The molecule has 0 aliphatic rings. The summed E-state index contributed by atoms with van der Waals surface area (Å²) in [5.74, 6) is -0.00762. The van der Waals surface area contributed by atoms with Crippen LogP contribution in [0.15, 0.2) is 53.6 Å². The molecule has 0 bridgehead atoms. The Kier molecular flexibility index (Phi) is 5.46. The third-order valence-corrected chi connectivity index (χ3v) is 4.51. The van der Waals surface area contributed by atoms with E-state index < -0.39 is 0 Å². The Hall–Kier alpha value is -2.95. The van der Waals surface area contributed by atoms with Crippen molar-refractivity contribution in [3.05, 3.63) is 75.8 Å². The van der Waals surface area contributed by atoms with Crippen molar-refractivity contribution in [2.45, 2.75) is 39.8 Å². The van der Waals surface area contributed by atoms with Gasteiger partial charge in [0, 0.05) is 19.5 Å². The Balaban J connectivity index is 1.52. The lowest BCUT2D eigenvalue weighted by Crippen LogP contribution is -2.25. The van der Waals surface area contributed by atoms with Gasteiger partial charge in [0.15, 0.2) is 0 Å². The first-order valence-corrected chi connectivity index (χ1v) is 8.81. The first kappa shape index (κ1) is 17.9. The summed E-state index contributed by atoms with van der Waals surface area (Å²) in [6, 6.07) is 13.5. The van der Waals surface area contributed by atoms with Gasteiger partial charge < -0.3 is 5.32 Å². The summed E-state index contributed by atoms with van der Waals surface area (Å²) in [6.07, 6.45) is 2.53. The van der Waals surface area contributed by atoms with Crippen LogP contribution in [0.3, 0.4) is 0 Å². The SMILES string of the molecule is Cc1ccc(CNC(=O)CCCn2cnc3ccccc3c2=O)c(C)c1. The van der Waals surface area contributed by atoms with Crippen molar-refractivity contribution in [3.8, 4) is 0 Å². The van der Waals surface area contributed by atoms with Gasteiger partial charge in [0.1, 0.15) is 0 Å². The number of aryl methyl sites for hydroxylation is 3. The highest BCUT2D eigenvalue weighted by Gasteiger charge is 2.06. The van der Waals surface area contributed by atoms with Crippen LogP contribution in [0.5, 0.6) is 0 Å². The molecular formula is C21H23N3O2. The zero-order valence-electron chi connectivity index (χ0n) is 15.2. The van der Waals surface area contributed by atoms with Crippen LogP contribution in [0.25, 0.3) is 10.9 Å². The zero-order chi connectivity index (χ0) is 18.5. The number of nitrogens with one attached hydrogen (secondary N) is 1. The molecule has 134 valence electrons. The summed E-state index contributed by atoms with van der Waals surface area (Å²) < 4.78 is 1.57. The average Bonchev–Trinajstić information content (AvgIpc) is 2.63. The Morgan fingerprint density at radius 1 is 1.15 bits per heavy atom. The number of hydrogen-bond acceptors (Lipinski definition) is 3. The number of para-hydroxylation sites is 1. The van der Waals surface area contributed by atoms with Crippen LogP contribution in [0.2, 0.25) is 0 Å². The second kappa shape index (κ2) is 7.95. The summed E-state index contributed by atoms with van der Waals surface area (Å²) in [5.41, 5.74) is 4.15.